The first-order chi connectivity index (χ1) is 8.74. The van der Waals surface area contributed by atoms with Gasteiger partial charge in [0.05, 0.1) is 6.54 Å². The zero-order valence-corrected chi connectivity index (χ0v) is 11.8. The molecule has 0 saturated heterocycles. The number of rotatable bonds is 7. The Hall–Kier alpha value is -1.10. The van der Waals surface area contributed by atoms with E-state index in [9.17, 15) is 0 Å². The lowest BCUT2D eigenvalue weighted by Gasteiger charge is -2.15. The first-order valence-corrected chi connectivity index (χ1v) is 7.09. The van der Waals surface area contributed by atoms with E-state index in [1.807, 2.05) is 19.1 Å². The molecule has 0 saturated carbocycles. The molecule has 0 aliphatic heterocycles. The van der Waals surface area contributed by atoms with Crippen LogP contribution in [0, 0.1) is 6.92 Å². The maximum absolute atomic E-state index is 5.56. The maximum atomic E-state index is 5.56. The molecule has 1 N–H and O–H groups in total. The van der Waals surface area contributed by atoms with Gasteiger partial charge in [0.25, 0.3) is 0 Å². The van der Waals surface area contributed by atoms with Gasteiger partial charge in [-0.05, 0) is 37.6 Å². The first kappa shape index (κ1) is 13.3. The third-order valence-corrected chi connectivity index (χ3v) is 3.65. The van der Waals surface area contributed by atoms with Crippen LogP contribution in [-0.4, -0.2) is 25.0 Å². The molecule has 4 heteroatoms. The predicted octanol–water partition coefficient (Wildman–Crippen LogP) is 2.87. The Kier molecular flexibility index (Phi) is 4.99. The lowest BCUT2D eigenvalue weighted by Crippen LogP contribution is -2.28. The number of thiophene rings is 1. The Morgan fingerprint density at radius 2 is 2.22 bits per heavy atom. The Morgan fingerprint density at radius 1 is 1.33 bits per heavy atom. The third kappa shape index (κ3) is 4.29. The van der Waals surface area contributed by atoms with E-state index in [4.69, 9.17) is 4.42 Å². The van der Waals surface area contributed by atoms with E-state index in [0.29, 0.717) is 0 Å². The maximum Gasteiger partial charge on any atom is 0.118 e. The minimum Gasteiger partial charge on any atom is -0.465 e. The molecule has 2 heterocycles. The van der Waals surface area contributed by atoms with Crippen LogP contribution >= 0.6 is 11.3 Å². The first-order valence-electron chi connectivity index (χ1n) is 6.21. The van der Waals surface area contributed by atoms with Gasteiger partial charge in [0.2, 0.25) is 0 Å². The number of nitrogens with one attached hydrogen (secondary N) is 1. The van der Waals surface area contributed by atoms with E-state index in [0.717, 1.165) is 37.7 Å². The van der Waals surface area contributed by atoms with Gasteiger partial charge in [-0.15, -0.1) is 11.3 Å². The molecule has 2 rings (SSSR count). The van der Waals surface area contributed by atoms with Crippen molar-refractivity contribution in [2.24, 2.45) is 0 Å². The van der Waals surface area contributed by atoms with Gasteiger partial charge in [-0.3, -0.25) is 4.90 Å². The summed E-state index contributed by atoms with van der Waals surface area (Å²) >= 11 is 1.80. The van der Waals surface area contributed by atoms with Crippen molar-refractivity contribution in [1.82, 2.24) is 10.2 Å². The molecule has 0 spiro atoms. The van der Waals surface area contributed by atoms with Crippen LogP contribution in [-0.2, 0) is 13.1 Å². The number of furan rings is 1. The van der Waals surface area contributed by atoms with Crippen LogP contribution in [0.5, 0.6) is 0 Å². The molecule has 0 aliphatic rings. The van der Waals surface area contributed by atoms with Gasteiger partial charge in [-0.25, -0.2) is 0 Å². The van der Waals surface area contributed by atoms with E-state index < -0.39 is 0 Å². The summed E-state index contributed by atoms with van der Waals surface area (Å²) in [5.41, 5.74) is 0. The van der Waals surface area contributed by atoms with Crippen molar-refractivity contribution >= 4 is 11.3 Å². The molecule has 0 radical (unpaired) electrons. The molecule has 0 fully saturated rings. The number of likely N-dealkylation sites (N-methyl/N-ethyl adjacent to an activating group) is 1. The van der Waals surface area contributed by atoms with Crippen molar-refractivity contribution in [2.45, 2.75) is 20.0 Å². The van der Waals surface area contributed by atoms with Crippen LogP contribution in [0.3, 0.4) is 0 Å². The van der Waals surface area contributed by atoms with Crippen LogP contribution in [0.15, 0.2) is 34.1 Å². The second kappa shape index (κ2) is 6.73. The molecule has 0 amide bonds. The summed E-state index contributed by atoms with van der Waals surface area (Å²) < 4.78 is 5.56. The molecule has 0 aromatic carbocycles. The normalized spacial score (nSPS) is 11.3. The molecular weight excluding hydrogens is 244 g/mol. The summed E-state index contributed by atoms with van der Waals surface area (Å²) in [4.78, 5) is 3.65. The monoisotopic (exact) mass is 264 g/mol. The standard InChI is InChI=1S/C14H20N2OS/c1-12-5-6-13(17-12)11-16(2)8-7-15-10-14-4-3-9-18-14/h3-6,9,15H,7-8,10-11H2,1-2H3. The van der Waals surface area contributed by atoms with E-state index in [2.05, 4.69) is 34.8 Å². The fraction of sp³-hybridized carbons (Fsp3) is 0.429. The smallest absolute Gasteiger partial charge is 0.118 e. The molecule has 3 nitrogen and oxygen atoms in total. The number of nitrogens with zero attached hydrogens (tertiary/aromatic N) is 1. The van der Waals surface area contributed by atoms with E-state index >= 15 is 0 Å². The van der Waals surface area contributed by atoms with Crippen molar-refractivity contribution < 1.29 is 4.42 Å². The largest absolute Gasteiger partial charge is 0.465 e. The Balaban J connectivity index is 1.61. The summed E-state index contributed by atoms with van der Waals surface area (Å²) in [5, 5.41) is 5.56. The van der Waals surface area contributed by atoms with Crippen molar-refractivity contribution in [2.75, 3.05) is 20.1 Å². The van der Waals surface area contributed by atoms with Crippen molar-refractivity contribution in [1.29, 1.82) is 0 Å². The Morgan fingerprint density at radius 3 is 2.89 bits per heavy atom. The van der Waals surface area contributed by atoms with Crippen LogP contribution in [0.4, 0.5) is 0 Å². The zero-order chi connectivity index (χ0) is 12.8. The average Bonchev–Trinajstić information content (AvgIpc) is 2.96. The van der Waals surface area contributed by atoms with Crippen molar-refractivity contribution in [3.63, 3.8) is 0 Å². The van der Waals surface area contributed by atoms with Gasteiger partial charge in [-0.2, -0.15) is 0 Å². The highest BCUT2D eigenvalue weighted by atomic mass is 32.1. The number of aryl methyl sites for hydroxylation is 1. The van der Waals surface area contributed by atoms with Crippen LogP contribution in [0.25, 0.3) is 0 Å². The van der Waals surface area contributed by atoms with Gasteiger partial charge < -0.3 is 9.73 Å². The summed E-state index contributed by atoms with van der Waals surface area (Å²) in [7, 11) is 2.12. The molecule has 2 aromatic heterocycles. The molecule has 0 bridgehead atoms. The molecule has 98 valence electrons. The topological polar surface area (TPSA) is 28.4 Å². The van der Waals surface area contributed by atoms with Crippen molar-refractivity contribution in [3.8, 4) is 0 Å². The lowest BCUT2D eigenvalue weighted by atomic mass is 10.4. The highest BCUT2D eigenvalue weighted by Gasteiger charge is 2.03. The Bertz CT molecular complexity index is 450. The summed E-state index contributed by atoms with van der Waals surface area (Å²) in [6.07, 6.45) is 0. The second-order valence-corrected chi connectivity index (χ2v) is 5.54. The molecule has 0 aliphatic carbocycles. The van der Waals surface area contributed by atoms with Gasteiger partial charge in [0, 0.05) is 24.5 Å². The minimum atomic E-state index is 0.870. The average molecular weight is 264 g/mol. The fourth-order valence-electron chi connectivity index (χ4n) is 1.81. The molecule has 18 heavy (non-hydrogen) atoms. The zero-order valence-electron chi connectivity index (χ0n) is 11.0. The molecule has 0 atom stereocenters. The molecular formula is C14H20N2OS. The van der Waals surface area contributed by atoms with Crippen molar-refractivity contribution in [3.05, 3.63) is 46.0 Å². The summed E-state index contributed by atoms with van der Waals surface area (Å²) in [5.74, 6) is 2.02. The Labute approximate surface area is 112 Å². The highest BCUT2D eigenvalue weighted by molar-refractivity contribution is 7.09. The number of hydrogen-bond acceptors (Lipinski definition) is 4. The summed E-state index contributed by atoms with van der Waals surface area (Å²) in [6.45, 7) is 5.82. The predicted molar refractivity (Wildman–Crippen MR) is 75.8 cm³/mol. The number of hydrogen-bond donors (Lipinski definition) is 1. The van der Waals surface area contributed by atoms with Crippen LogP contribution in [0.2, 0.25) is 0 Å². The van der Waals surface area contributed by atoms with E-state index in [1.54, 1.807) is 11.3 Å². The van der Waals surface area contributed by atoms with E-state index in [-0.39, 0.29) is 0 Å². The minimum absolute atomic E-state index is 0.870. The third-order valence-electron chi connectivity index (χ3n) is 2.77. The second-order valence-electron chi connectivity index (χ2n) is 4.51. The molecule has 2 aromatic rings. The van der Waals surface area contributed by atoms with Gasteiger partial charge >= 0.3 is 0 Å². The summed E-state index contributed by atoms with van der Waals surface area (Å²) in [6, 6.07) is 8.31. The van der Waals surface area contributed by atoms with Crippen LogP contribution < -0.4 is 5.32 Å². The highest BCUT2D eigenvalue weighted by Crippen LogP contribution is 2.09. The van der Waals surface area contributed by atoms with Gasteiger partial charge in [-0.1, -0.05) is 6.07 Å². The van der Waals surface area contributed by atoms with Gasteiger partial charge in [0.15, 0.2) is 0 Å². The fourth-order valence-corrected chi connectivity index (χ4v) is 2.48. The SMILES string of the molecule is Cc1ccc(CN(C)CCNCc2cccs2)o1. The van der Waals surface area contributed by atoms with Gasteiger partial charge in [0.1, 0.15) is 11.5 Å². The quantitative estimate of drug-likeness (QED) is 0.780. The van der Waals surface area contributed by atoms with E-state index in [1.165, 1.54) is 4.88 Å². The van der Waals surface area contributed by atoms with Crippen LogP contribution in [0.1, 0.15) is 16.4 Å². The lowest BCUT2D eigenvalue weighted by molar-refractivity contribution is 0.291. The molecule has 0 unspecified atom stereocenters.